The molecule has 4 aliphatic rings. The van der Waals surface area contributed by atoms with E-state index in [2.05, 4.69) is 240 Å². The Hall–Kier alpha value is -8.60. The van der Waals surface area contributed by atoms with Crippen molar-refractivity contribution in [3.05, 3.63) is 232 Å². The lowest BCUT2D eigenvalue weighted by Gasteiger charge is -2.38. The molecule has 0 spiro atoms. The summed E-state index contributed by atoms with van der Waals surface area (Å²) in [5, 5.41) is 23.6. The van der Waals surface area contributed by atoms with Gasteiger partial charge in [0, 0.05) is 38.4 Å². The van der Waals surface area contributed by atoms with Gasteiger partial charge >= 0.3 is 0 Å². The average Bonchev–Trinajstić information content (AvgIpc) is 0.729. The van der Waals surface area contributed by atoms with E-state index in [1.54, 1.807) is 0 Å². The van der Waals surface area contributed by atoms with Crippen LogP contribution in [0.5, 0.6) is 5.75 Å². The van der Waals surface area contributed by atoms with Gasteiger partial charge in [-0.05, 0) is 199 Å². The van der Waals surface area contributed by atoms with E-state index in [-0.39, 0.29) is 17.7 Å². The zero-order valence-electron chi connectivity index (χ0n) is 54.0. The lowest BCUT2D eigenvalue weighted by Crippen LogP contribution is -2.36. The van der Waals surface area contributed by atoms with Crippen molar-refractivity contribution in [3.63, 3.8) is 0 Å². The molecule has 10 aromatic carbocycles. The molecule has 1 heterocycles. The Morgan fingerprint density at radius 3 is 1.79 bits per heavy atom. The van der Waals surface area contributed by atoms with E-state index in [1.807, 2.05) is 0 Å². The highest BCUT2D eigenvalue weighted by molar-refractivity contribution is 6.30. The van der Waals surface area contributed by atoms with Crippen molar-refractivity contribution in [2.75, 3.05) is 9.80 Å². The number of aryl methyl sites for hydroxylation is 4. The zero-order chi connectivity index (χ0) is 61.3. The number of hydrogen-bond donors (Lipinski definition) is 1. The molecule has 4 nitrogen and oxygen atoms in total. The second-order valence-corrected chi connectivity index (χ2v) is 27.0. The third-order valence-electron chi connectivity index (χ3n) is 21.4. The minimum Gasteiger partial charge on any atom is -0.505 e. The Morgan fingerprint density at radius 2 is 1.09 bits per heavy atom. The molecule has 90 heavy (non-hydrogen) atoms. The normalized spacial score (nSPS) is 17.7. The molecule has 0 radical (unpaired) electrons. The van der Waals surface area contributed by atoms with Gasteiger partial charge in [0.25, 0.3) is 0 Å². The Kier molecular flexibility index (Phi) is 15.4. The molecule has 1 aromatic heterocycles. The van der Waals surface area contributed by atoms with Crippen molar-refractivity contribution in [1.82, 2.24) is 0 Å². The van der Waals surface area contributed by atoms with Gasteiger partial charge in [-0.2, -0.15) is 0 Å². The lowest BCUT2D eigenvalue weighted by molar-refractivity contribution is 0.445. The van der Waals surface area contributed by atoms with Gasteiger partial charge in [-0.15, -0.1) is 0 Å². The first-order chi connectivity index (χ1) is 44.1. The molecule has 0 amide bonds. The fraction of sp³-hybridized carbons (Fsp3) is 0.302. The number of benzene rings is 10. The van der Waals surface area contributed by atoms with Crippen LogP contribution in [0.3, 0.4) is 0 Å². The van der Waals surface area contributed by atoms with E-state index in [0.717, 1.165) is 106 Å². The minimum absolute atomic E-state index is 0.000327. The number of fused-ring (bicyclic) bond motifs is 3. The Labute approximate surface area is 533 Å². The number of para-hydroxylation sites is 3. The van der Waals surface area contributed by atoms with Gasteiger partial charge in [-0.3, -0.25) is 0 Å². The van der Waals surface area contributed by atoms with Gasteiger partial charge in [0.15, 0.2) is 5.58 Å². The molecule has 2 saturated carbocycles. The average molecular weight is 1180 g/mol. The summed E-state index contributed by atoms with van der Waals surface area (Å²) in [4.78, 5) is 5.17. The first kappa shape index (κ1) is 57.8. The smallest absolute Gasteiger partial charge is 0.159 e. The third-order valence-corrected chi connectivity index (χ3v) is 21.4. The quantitative estimate of drug-likeness (QED) is 0.110. The maximum atomic E-state index is 13.4. The van der Waals surface area contributed by atoms with Gasteiger partial charge in [-0.25, -0.2) is 0 Å². The van der Waals surface area contributed by atoms with Crippen molar-refractivity contribution >= 4 is 88.3 Å². The van der Waals surface area contributed by atoms with Crippen LogP contribution in [-0.4, -0.2) is 11.1 Å². The molecule has 15 rings (SSSR count). The Bertz CT molecular complexity index is 4720. The molecule has 1 N–H and O–H groups in total. The molecular weight excluding hydrogens is 1090 g/mol. The number of rotatable bonds is 14. The summed E-state index contributed by atoms with van der Waals surface area (Å²) in [6.45, 7) is 15.9. The summed E-state index contributed by atoms with van der Waals surface area (Å²) in [5.41, 5.74) is 24.7. The van der Waals surface area contributed by atoms with Crippen molar-refractivity contribution < 1.29 is 9.52 Å². The van der Waals surface area contributed by atoms with E-state index >= 15 is 0 Å². The third kappa shape index (κ3) is 9.96. The van der Waals surface area contributed by atoms with Gasteiger partial charge < -0.3 is 19.3 Å². The fourth-order valence-corrected chi connectivity index (χ4v) is 16.9. The van der Waals surface area contributed by atoms with Crippen molar-refractivity contribution in [3.8, 4) is 28.0 Å². The highest BCUT2D eigenvalue weighted by atomic mass is 16.3. The van der Waals surface area contributed by atoms with Gasteiger partial charge in [0.1, 0.15) is 11.3 Å². The number of furan rings is 1. The number of aromatic hydroxyl groups is 1. The predicted octanol–water partition coefficient (Wildman–Crippen LogP) is 25.0. The second kappa shape index (κ2) is 24.0. The molecule has 11 aromatic rings. The van der Waals surface area contributed by atoms with Gasteiger partial charge in [0.05, 0.1) is 28.8 Å². The number of anilines is 5. The van der Waals surface area contributed by atoms with Crippen LogP contribution in [0.15, 0.2) is 198 Å². The molecular formula is C86H86N2O2. The second-order valence-electron chi connectivity index (χ2n) is 27.0. The Morgan fingerprint density at radius 1 is 0.489 bits per heavy atom. The number of phenolic OH excluding ortho intramolecular Hbond substituents is 1. The van der Waals surface area contributed by atoms with Crippen LogP contribution in [0.2, 0.25) is 0 Å². The number of phenols is 1. The summed E-state index contributed by atoms with van der Waals surface area (Å²) in [6.07, 6.45) is 29.1. The first-order valence-electron chi connectivity index (χ1n) is 34.3. The van der Waals surface area contributed by atoms with Crippen LogP contribution < -0.4 is 9.80 Å². The fourth-order valence-electron chi connectivity index (χ4n) is 16.9. The van der Waals surface area contributed by atoms with Crippen LogP contribution in [0.25, 0.3) is 82.1 Å². The summed E-state index contributed by atoms with van der Waals surface area (Å²) in [5.74, 6) is 1.30. The summed E-state index contributed by atoms with van der Waals surface area (Å²) in [7, 11) is 0. The number of hydrogen-bond acceptors (Lipinski definition) is 4. The predicted molar refractivity (Wildman–Crippen MR) is 385 cm³/mol. The van der Waals surface area contributed by atoms with Crippen molar-refractivity contribution in [1.29, 1.82) is 0 Å². The summed E-state index contributed by atoms with van der Waals surface area (Å²) < 4.78 is 7.53. The largest absolute Gasteiger partial charge is 0.505 e. The van der Waals surface area contributed by atoms with Crippen LogP contribution in [0, 0.1) is 19.8 Å². The molecule has 4 aliphatic carbocycles. The molecule has 2 atom stereocenters. The van der Waals surface area contributed by atoms with Crippen LogP contribution in [0.1, 0.15) is 169 Å². The van der Waals surface area contributed by atoms with Crippen LogP contribution >= 0.6 is 0 Å². The van der Waals surface area contributed by atoms with Gasteiger partial charge in [-0.1, -0.05) is 234 Å². The standard InChI is InChI=1S/C86H86N2O2/c1-8-57-23-17-18-30-64(57)68-32-20-33-69-70-34-22-36-79(86(70)90-85(68)69)87(76-45-38-53(4)47-56(76)7)80-51-74(60-24-13-11-14-25-60)66-42-44-72-81(52-75(61-26-15-12-16-27-61)67-41-43-71(80)82(66)83(67)72)88(77-46-39-54(5)48-59(77)10-3)78-35-21-31-65(84(78)89)62-28-19-29-63(50-62)73-49-55(6)37-40-58(73)9-2/h18-22,28-52,56,60-61,76,89H,8-17,23-27H2,1-7H3. The molecule has 4 heteroatoms. The van der Waals surface area contributed by atoms with Crippen LogP contribution in [0.4, 0.5) is 28.4 Å². The topological polar surface area (TPSA) is 39.9 Å². The van der Waals surface area contributed by atoms with Crippen molar-refractivity contribution in [2.24, 2.45) is 5.92 Å². The monoisotopic (exact) mass is 1180 g/mol. The first-order valence-corrected chi connectivity index (χ1v) is 34.3. The molecule has 0 saturated heterocycles. The van der Waals surface area contributed by atoms with E-state index in [9.17, 15) is 5.11 Å². The van der Waals surface area contributed by atoms with Crippen LogP contribution in [-0.2, 0) is 12.8 Å². The minimum atomic E-state index is -0.000327. The SMILES string of the molecule is CCC1=C(c2cccc3c2oc2c(N(c4cc(C5CCCCC5)c5ccc6c(N(c7ccc(C)cc7CC)c7cccc(-c8cccc(-c9cc(C)ccc9CC)c8)c7O)cc(C7CCCCC7)c7ccc4c5c76)C4C=CC(C)=CC4C)cccc23)C=CCC1. The van der Waals surface area contributed by atoms with Gasteiger partial charge in [0.2, 0.25) is 0 Å². The highest BCUT2D eigenvalue weighted by Gasteiger charge is 2.34. The van der Waals surface area contributed by atoms with E-state index in [0.29, 0.717) is 11.8 Å². The van der Waals surface area contributed by atoms with Crippen molar-refractivity contribution in [2.45, 2.75) is 163 Å². The summed E-state index contributed by atoms with van der Waals surface area (Å²) >= 11 is 0. The number of nitrogens with zero attached hydrogens (tertiary/aromatic N) is 2. The van der Waals surface area contributed by atoms with E-state index < -0.39 is 0 Å². The zero-order valence-corrected chi connectivity index (χ0v) is 54.0. The molecule has 0 aliphatic heterocycles. The number of allylic oxidation sites excluding steroid dienone is 6. The molecule has 0 bridgehead atoms. The lowest BCUT2D eigenvalue weighted by atomic mass is 9.77. The highest BCUT2D eigenvalue weighted by Crippen LogP contribution is 2.56. The summed E-state index contributed by atoms with van der Waals surface area (Å²) in [6, 6.07) is 58.0. The molecule has 452 valence electrons. The Balaban J connectivity index is 1.02. The maximum Gasteiger partial charge on any atom is 0.159 e. The molecule has 2 fully saturated rings. The maximum absolute atomic E-state index is 13.4. The van der Waals surface area contributed by atoms with E-state index in [4.69, 9.17) is 4.42 Å². The van der Waals surface area contributed by atoms with E-state index in [1.165, 1.54) is 151 Å². The molecule has 2 unspecified atom stereocenters.